The summed E-state index contributed by atoms with van der Waals surface area (Å²) in [5, 5.41) is 0. The Balaban J connectivity index is 0.00000147. The van der Waals surface area contributed by atoms with Crippen molar-refractivity contribution in [2.45, 2.75) is 6.54 Å². The van der Waals surface area contributed by atoms with Gasteiger partial charge in [0, 0.05) is 59.2 Å². The Morgan fingerprint density at radius 2 is 1.65 bits per heavy atom. The van der Waals surface area contributed by atoms with Crippen molar-refractivity contribution in [2.24, 2.45) is 0 Å². The van der Waals surface area contributed by atoms with E-state index in [2.05, 4.69) is 51.2 Å². The number of benzene rings is 1. The molecule has 4 heteroatoms. The monoisotopic (exact) mass is 264 g/mol. The minimum atomic E-state index is 0. The molecule has 0 atom stereocenters. The van der Waals surface area contributed by atoms with Gasteiger partial charge in [0.25, 0.3) is 0 Å². The van der Waals surface area contributed by atoms with Gasteiger partial charge in [0.2, 0.25) is 0 Å². The van der Waals surface area contributed by atoms with Crippen molar-refractivity contribution in [1.82, 2.24) is 9.88 Å². The highest BCUT2D eigenvalue weighted by atomic mass is 15.3. The van der Waals surface area contributed by atoms with Gasteiger partial charge in [0.15, 0.2) is 0 Å². The molecule has 0 aliphatic carbocycles. The molecule has 0 amide bonds. The van der Waals surface area contributed by atoms with E-state index in [1.54, 1.807) is 0 Å². The lowest BCUT2D eigenvalue weighted by molar-refractivity contribution is 0.249. The van der Waals surface area contributed by atoms with Gasteiger partial charge in [-0.15, -0.1) is 0 Å². The number of hydrogen-bond donors (Lipinski definition) is 0. The first kappa shape index (κ1) is 14.6. The van der Waals surface area contributed by atoms with Crippen LogP contribution in [0.5, 0.6) is 0 Å². The molecule has 2 heterocycles. The number of piperazine rings is 1. The summed E-state index contributed by atoms with van der Waals surface area (Å²) in [6.45, 7) is 5.44. The number of rotatable bonds is 3. The number of anilines is 1. The second-order valence-electron chi connectivity index (χ2n) is 4.96. The van der Waals surface area contributed by atoms with Gasteiger partial charge in [0.05, 0.1) is 0 Å². The molecule has 1 aromatic heterocycles. The Labute approximate surface area is 122 Å². The minimum absolute atomic E-state index is 0. The second-order valence-corrected chi connectivity index (χ2v) is 4.96. The lowest BCUT2D eigenvalue weighted by atomic mass is 10.2. The third-order valence-electron chi connectivity index (χ3n) is 3.62. The molecule has 1 saturated heterocycles. The van der Waals surface area contributed by atoms with Crippen molar-refractivity contribution in [3.8, 4) is 0 Å². The first-order valence-corrected chi connectivity index (χ1v) is 6.83. The Bertz CT molecular complexity index is 496. The quantitative estimate of drug-likeness (QED) is 0.791. The Hall–Kier alpha value is -1.81. The zero-order valence-corrected chi connectivity index (χ0v) is 11.7. The molecule has 1 fully saturated rings. The number of nitrogens with zero attached hydrogens (tertiary/aromatic N) is 3. The lowest BCUT2D eigenvalue weighted by Crippen LogP contribution is -2.45. The van der Waals surface area contributed by atoms with Gasteiger partial charge in [0.1, 0.15) is 0 Å². The highest BCUT2D eigenvalue weighted by molar-refractivity contribution is 5.75. The van der Waals surface area contributed by atoms with Crippen LogP contribution >= 0.6 is 0 Å². The molecule has 101 valence electrons. The molecule has 1 aromatic carbocycles. The van der Waals surface area contributed by atoms with Crippen LogP contribution in [0, 0.1) is 0 Å². The molecule has 3 rings (SSSR count). The largest absolute Gasteiger partial charge is 0.369 e. The number of para-hydroxylation sites is 1. The first-order chi connectivity index (χ1) is 9.42. The average molecular weight is 264 g/mol. The minimum Gasteiger partial charge on any atom is -0.369 e. The van der Waals surface area contributed by atoms with Crippen LogP contribution in [0.1, 0.15) is 5.56 Å². The molecule has 3 nitrogen and oxygen atoms in total. The molecule has 3 radical (unpaired) electrons. The summed E-state index contributed by atoms with van der Waals surface area (Å²) in [7, 11) is 0. The van der Waals surface area contributed by atoms with Crippen LogP contribution in [-0.4, -0.2) is 44.5 Å². The standard InChI is InChI=1S/C16H19N3.B/c1-2-6-16(7-3-1)19-11-9-18(10-12-19)14-15-5-4-8-17-13-15;/h1-8,13H,9-12,14H2;. The van der Waals surface area contributed by atoms with E-state index in [0.29, 0.717) is 0 Å². The molecule has 0 spiro atoms. The fourth-order valence-electron chi connectivity index (χ4n) is 2.55. The van der Waals surface area contributed by atoms with E-state index >= 15 is 0 Å². The molecule has 20 heavy (non-hydrogen) atoms. The summed E-state index contributed by atoms with van der Waals surface area (Å²) >= 11 is 0. The zero-order chi connectivity index (χ0) is 12.9. The summed E-state index contributed by atoms with van der Waals surface area (Å²) in [5.41, 5.74) is 2.64. The van der Waals surface area contributed by atoms with Crippen molar-refractivity contribution in [1.29, 1.82) is 0 Å². The molecular formula is C16H19BN3. The predicted octanol–water partition coefficient (Wildman–Crippen LogP) is 2.02. The summed E-state index contributed by atoms with van der Waals surface area (Å²) in [4.78, 5) is 9.13. The topological polar surface area (TPSA) is 19.4 Å². The van der Waals surface area contributed by atoms with Crippen molar-refractivity contribution < 1.29 is 0 Å². The van der Waals surface area contributed by atoms with Gasteiger partial charge in [-0.3, -0.25) is 9.88 Å². The Morgan fingerprint density at radius 1 is 0.900 bits per heavy atom. The summed E-state index contributed by atoms with van der Waals surface area (Å²) < 4.78 is 0. The van der Waals surface area contributed by atoms with Gasteiger partial charge in [-0.2, -0.15) is 0 Å². The highest BCUT2D eigenvalue weighted by Gasteiger charge is 2.16. The molecule has 1 aliphatic heterocycles. The maximum absolute atomic E-state index is 4.18. The Morgan fingerprint density at radius 3 is 2.30 bits per heavy atom. The van der Waals surface area contributed by atoms with Crippen molar-refractivity contribution in [2.75, 3.05) is 31.1 Å². The first-order valence-electron chi connectivity index (χ1n) is 6.83. The van der Waals surface area contributed by atoms with Crippen LogP contribution in [0.25, 0.3) is 0 Å². The van der Waals surface area contributed by atoms with E-state index in [0.717, 1.165) is 32.7 Å². The summed E-state index contributed by atoms with van der Waals surface area (Å²) in [5.74, 6) is 0. The van der Waals surface area contributed by atoms with Crippen LogP contribution in [0.2, 0.25) is 0 Å². The van der Waals surface area contributed by atoms with Gasteiger partial charge in [-0.1, -0.05) is 24.3 Å². The Kier molecular flexibility index (Phi) is 5.19. The molecular weight excluding hydrogens is 245 g/mol. The van der Waals surface area contributed by atoms with E-state index in [1.807, 2.05) is 18.5 Å². The molecule has 0 bridgehead atoms. The second kappa shape index (κ2) is 7.10. The van der Waals surface area contributed by atoms with Crippen LogP contribution in [0.3, 0.4) is 0 Å². The van der Waals surface area contributed by atoms with Gasteiger partial charge < -0.3 is 4.90 Å². The normalized spacial score (nSPS) is 15.7. The lowest BCUT2D eigenvalue weighted by Gasteiger charge is -2.36. The number of aromatic nitrogens is 1. The number of hydrogen-bond acceptors (Lipinski definition) is 3. The summed E-state index contributed by atoms with van der Waals surface area (Å²) in [6, 6.07) is 14.8. The van der Waals surface area contributed by atoms with Gasteiger partial charge in [-0.05, 0) is 23.8 Å². The average Bonchev–Trinajstić information content (AvgIpc) is 2.50. The van der Waals surface area contributed by atoms with Crippen LogP contribution in [0.4, 0.5) is 5.69 Å². The maximum atomic E-state index is 4.18. The third-order valence-corrected chi connectivity index (χ3v) is 3.62. The van der Waals surface area contributed by atoms with Gasteiger partial charge >= 0.3 is 0 Å². The molecule has 0 unspecified atom stereocenters. The fourth-order valence-corrected chi connectivity index (χ4v) is 2.55. The maximum Gasteiger partial charge on any atom is 0.0367 e. The number of pyridine rings is 1. The van der Waals surface area contributed by atoms with Crippen LogP contribution < -0.4 is 4.90 Å². The molecule has 0 N–H and O–H groups in total. The molecule has 0 saturated carbocycles. The SMILES string of the molecule is [B].c1ccc(N2CCN(Cc3cccnc3)CC2)cc1. The van der Waals surface area contributed by atoms with Gasteiger partial charge in [-0.25, -0.2) is 0 Å². The van der Waals surface area contributed by atoms with E-state index < -0.39 is 0 Å². The molecule has 2 aromatic rings. The van der Waals surface area contributed by atoms with Crippen LogP contribution in [-0.2, 0) is 6.54 Å². The van der Waals surface area contributed by atoms with Crippen molar-refractivity contribution >= 4 is 14.1 Å². The highest BCUT2D eigenvalue weighted by Crippen LogP contribution is 2.16. The fraction of sp³-hybridized carbons (Fsp3) is 0.312. The van der Waals surface area contributed by atoms with E-state index in [1.165, 1.54) is 11.3 Å². The van der Waals surface area contributed by atoms with Crippen LogP contribution in [0.15, 0.2) is 54.9 Å². The summed E-state index contributed by atoms with van der Waals surface area (Å²) in [6.07, 6.45) is 3.79. The zero-order valence-electron chi connectivity index (χ0n) is 11.7. The van der Waals surface area contributed by atoms with E-state index in [4.69, 9.17) is 0 Å². The van der Waals surface area contributed by atoms with Crippen molar-refractivity contribution in [3.05, 3.63) is 60.4 Å². The smallest absolute Gasteiger partial charge is 0.0367 e. The van der Waals surface area contributed by atoms with Crippen molar-refractivity contribution in [3.63, 3.8) is 0 Å². The third kappa shape index (κ3) is 3.61. The van der Waals surface area contributed by atoms with E-state index in [9.17, 15) is 0 Å². The molecule has 1 aliphatic rings. The van der Waals surface area contributed by atoms with E-state index in [-0.39, 0.29) is 8.41 Å². The predicted molar refractivity (Wildman–Crippen MR) is 83.9 cm³/mol.